The van der Waals surface area contributed by atoms with Gasteiger partial charge in [-0.25, -0.2) is 4.39 Å². The Labute approximate surface area is 122 Å². The molecule has 0 aromatic heterocycles. The Kier molecular flexibility index (Phi) is 4.64. The number of aliphatic hydroxyl groups excluding tert-OH is 1. The molecule has 2 nitrogen and oxygen atoms in total. The van der Waals surface area contributed by atoms with Crippen LogP contribution in [0.4, 0.5) is 4.39 Å². The van der Waals surface area contributed by atoms with Crippen molar-refractivity contribution in [2.45, 2.75) is 43.7 Å². The summed E-state index contributed by atoms with van der Waals surface area (Å²) in [6.07, 6.45) is 4.33. The Hall–Kier alpha value is -0.450. The molecule has 2 rings (SSSR count). The first kappa shape index (κ1) is 14.9. The SMILES string of the molecule is CN(C)C1(C(O)Cc2cc(F)ccc2Br)CCCC1. The van der Waals surface area contributed by atoms with Gasteiger partial charge in [-0.15, -0.1) is 0 Å². The van der Waals surface area contributed by atoms with Crippen molar-refractivity contribution in [2.24, 2.45) is 0 Å². The number of hydrogen-bond acceptors (Lipinski definition) is 2. The summed E-state index contributed by atoms with van der Waals surface area (Å²) in [4.78, 5) is 2.14. The molecule has 1 unspecified atom stereocenters. The molecular weight excluding hydrogens is 309 g/mol. The highest BCUT2D eigenvalue weighted by Gasteiger charge is 2.42. The second-order valence-corrected chi connectivity index (χ2v) is 6.52. The zero-order chi connectivity index (χ0) is 14.0. The maximum Gasteiger partial charge on any atom is 0.123 e. The summed E-state index contributed by atoms with van der Waals surface area (Å²) in [5.74, 6) is -0.254. The van der Waals surface area contributed by atoms with Crippen LogP contribution in [0.2, 0.25) is 0 Å². The van der Waals surface area contributed by atoms with E-state index >= 15 is 0 Å². The fourth-order valence-corrected chi connectivity index (χ4v) is 3.57. The van der Waals surface area contributed by atoms with Crippen LogP contribution in [0.25, 0.3) is 0 Å². The summed E-state index contributed by atoms with van der Waals surface area (Å²) in [6, 6.07) is 4.64. The van der Waals surface area contributed by atoms with E-state index in [0.29, 0.717) is 6.42 Å². The topological polar surface area (TPSA) is 23.5 Å². The van der Waals surface area contributed by atoms with E-state index in [9.17, 15) is 9.50 Å². The lowest BCUT2D eigenvalue weighted by atomic mass is 9.85. The summed E-state index contributed by atoms with van der Waals surface area (Å²) in [5, 5.41) is 10.7. The molecule has 1 fully saturated rings. The first-order valence-corrected chi connectivity index (χ1v) is 7.54. The third-order valence-corrected chi connectivity index (χ3v) is 5.17. The van der Waals surface area contributed by atoms with Crippen molar-refractivity contribution in [3.05, 3.63) is 34.1 Å². The number of rotatable bonds is 4. The fraction of sp³-hybridized carbons (Fsp3) is 0.600. The van der Waals surface area contributed by atoms with Gasteiger partial charge in [0.1, 0.15) is 5.82 Å². The van der Waals surface area contributed by atoms with Crippen molar-refractivity contribution in [1.29, 1.82) is 0 Å². The molecular formula is C15H21BrFNO. The van der Waals surface area contributed by atoms with Gasteiger partial charge in [-0.2, -0.15) is 0 Å². The maximum atomic E-state index is 13.3. The van der Waals surface area contributed by atoms with Gasteiger partial charge >= 0.3 is 0 Å². The van der Waals surface area contributed by atoms with Crippen LogP contribution in [0.15, 0.2) is 22.7 Å². The van der Waals surface area contributed by atoms with Gasteiger partial charge in [0.15, 0.2) is 0 Å². The molecule has 0 radical (unpaired) electrons. The van der Waals surface area contributed by atoms with Crippen molar-refractivity contribution in [3.8, 4) is 0 Å². The lowest BCUT2D eigenvalue weighted by Crippen LogP contribution is -2.52. The number of halogens is 2. The summed E-state index contributed by atoms with van der Waals surface area (Å²) in [7, 11) is 4.05. The van der Waals surface area contributed by atoms with Gasteiger partial charge < -0.3 is 10.0 Å². The van der Waals surface area contributed by atoms with Crippen LogP contribution < -0.4 is 0 Å². The summed E-state index contributed by atoms with van der Waals surface area (Å²) in [5.41, 5.74) is 0.673. The molecule has 4 heteroatoms. The van der Waals surface area contributed by atoms with Gasteiger partial charge in [0, 0.05) is 16.4 Å². The van der Waals surface area contributed by atoms with Gasteiger partial charge in [-0.1, -0.05) is 28.8 Å². The monoisotopic (exact) mass is 329 g/mol. The average Bonchev–Trinajstić information content (AvgIpc) is 2.84. The van der Waals surface area contributed by atoms with E-state index < -0.39 is 6.10 Å². The minimum atomic E-state index is -0.469. The summed E-state index contributed by atoms with van der Waals surface area (Å²) < 4.78 is 14.2. The zero-order valence-electron chi connectivity index (χ0n) is 11.5. The normalized spacial score (nSPS) is 19.9. The lowest BCUT2D eigenvalue weighted by Gasteiger charge is -2.40. The Morgan fingerprint density at radius 2 is 2.00 bits per heavy atom. The zero-order valence-corrected chi connectivity index (χ0v) is 13.1. The molecule has 0 spiro atoms. The average molecular weight is 330 g/mol. The predicted octanol–water partition coefficient (Wildman–Crippen LogP) is 3.37. The second kappa shape index (κ2) is 5.90. The van der Waals surface area contributed by atoms with E-state index in [0.717, 1.165) is 35.7 Å². The predicted molar refractivity (Wildman–Crippen MR) is 78.7 cm³/mol. The third kappa shape index (κ3) is 3.01. The van der Waals surface area contributed by atoms with Crippen LogP contribution in [0.3, 0.4) is 0 Å². The standard InChI is InChI=1S/C15H21BrFNO/c1-18(2)15(7-3-4-8-15)14(19)10-11-9-12(17)5-6-13(11)16/h5-6,9,14,19H,3-4,7-8,10H2,1-2H3. The molecule has 0 saturated heterocycles. The first-order chi connectivity index (χ1) is 8.95. The molecule has 0 aliphatic heterocycles. The van der Waals surface area contributed by atoms with Crippen molar-refractivity contribution < 1.29 is 9.50 Å². The quantitative estimate of drug-likeness (QED) is 0.915. The van der Waals surface area contributed by atoms with Crippen LogP contribution in [0, 0.1) is 5.82 Å². The smallest absolute Gasteiger partial charge is 0.123 e. The minimum Gasteiger partial charge on any atom is -0.391 e. The minimum absolute atomic E-state index is 0.161. The molecule has 1 aliphatic rings. The van der Waals surface area contributed by atoms with E-state index in [4.69, 9.17) is 0 Å². The van der Waals surface area contributed by atoms with E-state index in [1.807, 2.05) is 14.1 Å². The molecule has 1 aromatic carbocycles. The summed E-state index contributed by atoms with van der Waals surface area (Å²) >= 11 is 3.43. The molecule has 0 heterocycles. The highest BCUT2D eigenvalue weighted by atomic mass is 79.9. The Morgan fingerprint density at radius 1 is 1.37 bits per heavy atom. The van der Waals surface area contributed by atoms with Crippen LogP contribution in [0.1, 0.15) is 31.2 Å². The number of nitrogens with zero attached hydrogens (tertiary/aromatic N) is 1. The van der Waals surface area contributed by atoms with Gasteiger partial charge in [-0.3, -0.25) is 0 Å². The van der Waals surface area contributed by atoms with Crippen LogP contribution >= 0.6 is 15.9 Å². The molecule has 1 N–H and O–H groups in total. The third-order valence-electron chi connectivity index (χ3n) is 4.40. The van der Waals surface area contributed by atoms with Crippen molar-refractivity contribution in [1.82, 2.24) is 4.90 Å². The largest absolute Gasteiger partial charge is 0.391 e. The summed E-state index contributed by atoms with van der Waals surface area (Å²) in [6.45, 7) is 0. The van der Waals surface area contributed by atoms with Crippen LogP contribution in [-0.4, -0.2) is 35.7 Å². The number of benzene rings is 1. The van der Waals surface area contributed by atoms with Gasteiger partial charge in [0.25, 0.3) is 0 Å². The van der Waals surface area contributed by atoms with E-state index in [1.165, 1.54) is 12.1 Å². The molecule has 1 aromatic rings. The molecule has 1 atom stereocenters. The van der Waals surface area contributed by atoms with Crippen LogP contribution in [0.5, 0.6) is 0 Å². The number of likely N-dealkylation sites (N-methyl/N-ethyl adjacent to an activating group) is 1. The van der Waals surface area contributed by atoms with E-state index in [-0.39, 0.29) is 11.4 Å². The van der Waals surface area contributed by atoms with Gasteiger partial charge in [-0.05, 0) is 50.7 Å². The Bertz CT molecular complexity index is 444. The maximum absolute atomic E-state index is 13.3. The highest BCUT2D eigenvalue weighted by Crippen LogP contribution is 2.38. The van der Waals surface area contributed by atoms with Crippen molar-refractivity contribution >= 4 is 15.9 Å². The fourth-order valence-electron chi connectivity index (χ4n) is 3.16. The van der Waals surface area contributed by atoms with E-state index in [2.05, 4.69) is 20.8 Å². The molecule has 0 amide bonds. The van der Waals surface area contributed by atoms with Gasteiger partial charge in [0.2, 0.25) is 0 Å². The number of aliphatic hydroxyl groups is 1. The lowest BCUT2D eigenvalue weighted by molar-refractivity contribution is -0.00262. The molecule has 106 valence electrons. The van der Waals surface area contributed by atoms with E-state index in [1.54, 1.807) is 6.07 Å². The Balaban J connectivity index is 2.19. The van der Waals surface area contributed by atoms with Gasteiger partial charge in [0.05, 0.1) is 6.10 Å². The second-order valence-electron chi connectivity index (χ2n) is 5.66. The molecule has 19 heavy (non-hydrogen) atoms. The van der Waals surface area contributed by atoms with Crippen LogP contribution in [-0.2, 0) is 6.42 Å². The number of hydrogen-bond donors (Lipinski definition) is 1. The molecule has 0 bridgehead atoms. The van der Waals surface area contributed by atoms with Crippen molar-refractivity contribution in [2.75, 3.05) is 14.1 Å². The van der Waals surface area contributed by atoms with Crippen molar-refractivity contribution in [3.63, 3.8) is 0 Å². The highest BCUT2D eigenvalue weighted by molar-refractivity contribution is 9.10. The Morgan fingerprint density at radius 3 is 2.58 bits per heavy atom. The first-order valence-electron chi connectivity index (χ1n) is 6.75. The molecule has 1 saturated carbocycles. The molecule has 1 aliphatic carbocycles.